The molecule has 5 heteroatoms. The molecule has 0 fully saturated rings. The van der Waals surface area contributed by atoms with Gasteiger partial charge in [0.2, 0.25) is 0 Å². The summed E-state index contributed by atoms with van der Waals surface area (Å²) >= 11 is 1.37. The molecule has 0 aliphatic carbocycles. The number of nitrogens with zero attached hydrogens (tertiary/aromatic N) is 1. The van der Waals surface area contributed by atoms with Crippen LogP contribution in [0.25, 0.3) is 11.3 Å². The van der Waals surface area contributed by atoms with Crippen LogP contribution in [-0.4, -0.2) is 16.0 Å². The number of phenolic OH excluding ortho intramolecular Hbond substituents is 1. The van der Waals surface area contributed by atoms with E-state index < -0.39 is 0 Å². The highest BCUT2D eigenvalue weighted by atomic mass is 32.1. The Morgan fingerprint density at radius 2 is 1.90 bits per heavy atom. The Kier molecular flexibility index (Phi) is 3.66. The molecule has 0 bridgehead atoms. The topological polar surface area (TPSA) is 62.2 Å². The van der Waals surface area contributed by atoms with Gasteiger partial charge in [-0.2, -0.15) is 0 Å². The van der Waals surface area contributed by atoms with E-state index in [1.54, 1.807) is 12.1 Å². The second kappa shape index (κ2) is 5.76. The van der Waals surface area contributed by atoms with Gasteiger partial charge < -0.3 is 5.11 Å². The van der Waals surface area contributed by atoms with Crippen molar-refractivity contribution in [3.05, 3.63) is 65.5 Å². The van der Waals surface area contributed by atoms with Gasteiger partial charge in [-0.15, -0.1) is 11.3 Å². The average molecular weight is 296 g/mol. The van der Waals surface area contributed by atoms with Gasteiger partial charge in [-0.3, -0.25) is 10.1 Å². The minimum atomic E-state index is -0.292. The number of amides is 1. The predicted octanol–water partition coefficient (Wildman–Crippen LogP) is 3.77. The Labute approximate surface area is 125 Å². The average Bonchev–Trinajstić information content (AvgIpc) is 2.97. The van der Waals surface area contributed by atoms with Crippen molar-refractivity contribution in [3.63, 3.8) is 0 Å². The van der Waals surface area contributed by atoms with E-state index in [4.69, 9.17) is 0 Å². The van der Waals surface area contributed by atoms with Crippen molar-refractivity contribution in [1.82, 2.24) is 4.98 Å². The lowest BCUT2D eigenvalue weighted by Gasteiger charge is -2.02. The summed E-state index contributed by atoms with van der Waals surface area (Å²) in [7, 11) is 0. The quantitative estimate of drug-likeness (QED) is 0.773. The molecule has 104 valence electrons. The van der Waals surface area contributed by atoms with Gasteiger partial charge in [-0.25, -0.2) is 4.98 Å². The van der Waals surface area contributed by atoms with Crippen LogP contribution in [0.1, 0.15) is 10.4 Å². The van der Waals surface area contributed by atoms with Crippen molar-refractivity contribution >= 4 is 22.4 Å². The van der Waals surface area contributed by atoms with Crippen molar-refractivity contribution in [1.29, 1.82) is 0 Å². The first-order valence-electron chi connectivity index (χ1n) is 6.34. The lowest BCUT2D eigenvalue weighted by Crippen LogP contribution is -2.11. The van der Waals surface area contributed by atoms with Gasteiger partial charge in [-0.05, 0) is 18.2 Å². The van der Waals surface area contributed by atoms with E-state index in [0.29, 0.717) is 10.7 Å². The number of hydrogen-bond donors (Lipinski definition) is 2. The largest absolute Gasteiger partial charge is 0.508 e. The number of rotatable bonds is 3. The van der Waals surface area contributed by atoms with Crippen LogP contribution in [0.15, 0.2) is 60.0 Å². The summed E-state index contributed by atoms with van der Waals surface area (Å²) < 4.78 is 0. The molecule has 0 spiro atoms. The molecule has 21 heavy (non-hydrogen) atoms. The number of thiazole rings is 1. The molecule has 3 aromatic rings. The Hall–Kier alpha value is -2.66. The molecule has 2 N–H and O–H groups in total. The van der Waals surface area contributed by atoms with E-state index in [1.807, 2.05) is 35.7 Å². The highest BCUT2D eigenvalue weighted by Gasteiger charge is 2.10. The molecule has 2 aromatic carbocycles. The molecular formula is C16H12N2O2S. The normalized spacial score (nSPS) is 10.3. The second-order valence-electron chi connectivity index (χ2n) is 4.41. The van der Waals surface area contributed by atoms with Crippen molar-refractivity contribution in [2.45, 2.75) is 0 Å². The Morgan fingerprint density at radius 3 is 2.67 bits per heavy atom. The Bertz CT molecular complexity index is 769. The first-order valence-corrected chi connectivity index (χ1v) is 7.22. The van der Waals surface area contributed by atoms with Gasteiger partial charge in [0.1, 0.15) is 5.75 Å². The molecule has 1 heterocycles. The fraction of sp³-hybridized carbons (Fsp3) is 0. The lowest BCUT2D eigenvalue weighted by molar-refractivity contribution is 0.102. The van der Waals surface area contributed by atoms with Gasteiger partial charge in [0.15, 0.2) is 5.13 Å². The standard InChI is InChI=1S/C16H12N2O2S/c19-13-8-4-7-12(9-13)15(20)18-16-17-14(10-21-16)11-5-2-1-3-6-11/h1-10,19H,(H,17,18,20). The highest BCUT2D eigenvalue weighted by molar-refractivity contribution is 7.14. The first kappa shape index (κ1) is 13.3. The van der Waals surface area contributed by atoms with Crippen LogP contribution >= 0.6 is 11.3 Å². The van der Waals surface area contributed by atoms with Crippen LogP contribution in [0, 0.1) is 0 Å². The van der Waals surface area contributed by atoms with E-state index in [0.717, 1.165) is 11.3 Å². The molecule has 0 atom stereocenters. The molecule has 0 radical (unpaired) electrons. The third kappa shape index (κ3) is 3.09. The summed E-state index contributed by atoms with van der Waals surface area (Å²) in [6.07, 6.45) is 0. The first-order chi connectivity index (χ1) is 10.2. The number of nitrogens with one attached hydrogen (secondary N) is 1. The molecule has 1 amide bonds. The monoisotopic (exact) mass is 296 g/mol. The maximum atomic E-state index is 12.1. The molecule has 4 nitrogen and oxygen atoms in total. The van der Waals surface area contributed by atoms with Crippen molar-refractivity contribution < 1.29 is 9.90 Å². The summed E-state index contributed by atoms with van der Waals surface area (Å²) in [6, 6.07) is 16.0. The van der Waals surface area contributed by atoms with Crippen molar-refractivity contribution in [2.75, 3.05) is 5.32 Å². The number of aromatic nitrogens is 1. The van der Waals surface area contributed by atoms with E-state index in [2.05, 4.69) is 10.3 Å². The molecule has 1 aromatic heterocycles. The summed E-state index contributed by atoms with van der Waals surface area (Å²) in [5.74, 6) is -0.230. The maximum absolute atomic E-state index is 12.1. The fourth-order valence-electron chi connectivity index (χ4n) is 1.89. The van der Waals surface area contributed by atoms with E-state index in [-0.39, 0.29) is 11.7 Å². The van der Waals surface area contributed by atoms with E-state index in [1.165, 1.54) is 23.5 Å². The van der Waals surface area contributed by atoms with Crippen LogP contribution in [-0.2, 0) is 0 Å². The second-order valence-corrected chi connectivity index (χ2v) is 5.27. The third-order valence-corrected chi connectivity index (χ3v) is 3.66. The minimum absolute atomic E-state index is 0.0618. The van der Waals surface area contributed by atoms with Gasteiger partial charge in [0.25, 0.3) is 5.91 Å². The number of benzene rings is 2. The Balaban J connectivity index is 1.77. The number of phenols is 1. The molecule has 0 saturated heterocycles. The zero-order valence-electron chi connectivity index (χ0n) is 11.0. The predicted molar refractivity (Wildman–Crippen MR) is 83.6 cm³/mol. The van der Waals surface area contributed by atoms with Crippen molar-refractivity contribution in [3.8, 4) is 17.0 Å². The summed E-state index contributed by atoms with van der Waals surface area (Å²) in [5, 5.41) is 14.5. The van der Waals surface area contributed by atoms with Gasteiger partial charge >= 0.3 is 0 Å². The lowest BCUT2D eigenvalue weighted by atomic mass is 10.2. The van der Waals surface area contributed by atoms with Crippen LogP contribution in [0.3, 0.4) is 0 Å². The van der Waals surface area contributed by atoms with E-state index >= 15 is 0 Å². The van der Waals surface area contributed by atoms with Crippen molar-refractivity contribution in [2.24, 2.45) is 0 Å². The molecule has 3 rings (SSSR count). The molecule has 0 saturated carbocycles. The zero-order valence-corrected chi connectivity index (χ0v) is 11.8. The third-order valence-electron chi connectivity index (χ3n) is 2.90. The van der Waals surface area contributed by atoms with Crippen LogP contribution in [0.5, 0.6) is 5.75 Å². The maximum Gasteiger partial charge on any atom is 0.257 e. The van der Waals surface area contributed by atoms with Gasteiger partial charge in [0.05, 0.1) is 5.69 Å². The van der Waals surface area contributed by atoms with Gasteiger partial charge in [0, 0.05) is 16.5 Å². The van der Waals surface area contributed by atoms with Crippen LogP contribution in [0.2, 0.25) is 0 Å². The molecule has 0 aliphatic heterocycles. The highest BCUT2D eigenvalue weighted by Crippen LogP contribution is 2.25. The summed E-state index contributed by atoms with van der Waals surface area (Å²) in [6.45, 7) is 0. The SMILES string of the molecule is O=C(Nc1nc(-c2ccccc2)cs1)c1cccc(O)c1. The summed E-state index contributed by atoms with van der Waals surface area (Å²) in [4.78, 5) is 16.4. The van der Waals surface area contributed by atoms with Crippen LogP contribution in [0.4, 0.5) is 5.13 Å². The van der Waals surface area contributed by atoms with Gasteiger partial charge in [-0.1, -0.05) is 36.4 Å². The summed E-state index contributed by atoms with van der Waals surface area (Å²) in [5.41, 5.74) is 2.23. The zero-order chi connectivity index (χ0) is 14.7. The molecule has 0 aliphatic rings. The molecular weight excluding hydrogens is 284 g/mol. The number of anilines is 1. The smallest absolute Gasteiger partial charge is 0.257 e. The molecule has 0 unspecified atom stereocenters. The number of carbonyl (C=O) groups is 1. The number of carbonyl (C=O) groups excluding carboxylic acids is 1. The number of aromatic hydroxyl groups is 1. The van der Waals surface area contributed by atoms with E-state index in [9.17, 15) is 9.90 Å². The van der Waals surface area contributed by atoms with Crippen LogP contribution < -0.4 is 5.32 Å². The Morgan fingerprint density at radius 1 is 1.10 bits per heavy atom. The number of hydrogen-bond acceptors (Lipinski definition) is 4. The fourth-order valence-corrected chi connectivity index (χ4v) is 2.60. The minimum Gasteiger partial charge on any atom is -0.508 e.